The first kappa shape index (κ1) is 12.9. The Bertz CT molecular complexity index is 612. The van der Waals surface area contributed by atoms with Crippen molar-refractivity contribution in [2.45, 2.75) is 18.9 Å². The molecule has 0 spiro atoms. The molecule has 1 aliphatic rings. The van der Waals surface area contributed by atoms with Crippen molar-refractivity contribution in [1.29, 1.82) is 0 Å². The van der Waals surface area contributed by atoms with E-state index in [4.69, 9.17) is 11.6 Å². The fourth-order valence-corrected chi connectivity index (χ4v) is 2.90. The Morgan fingerprint density at radius 1 is 1.21 bits per heavy atom. The minimum Gasteiger partial charge on any atom is -0.378 e. The highest BCUT2D eigenvalue weighted by Gasteiger charge is 2.20. The molecule has 98 valence electrons. The molecule has 0 saturated heterocycles. The van der Waals surface area contributed by atoms with E-state index in [0.717, 1.165) is 29.1 Å². The minimum atomic E-state index is -0.203. The van der Waals surface area contributed by atoms with Crippen LogP contribution in [0.3, 0.4) is 0 Å². The van der Waals surface area contributed by atoms with Gasteiger partial charge in [0.1, 0.15) is 5.82 Å². The molecule has 0 fully saturated rings. The van der Waals surface area contributed by atoms with Crippen LogP contribution in [0, 0.1) is 5.82 Å². The lowest BCUT2D eigenvalue weighted by molar-refractivity contribution is 0.610. The molecule has 1 atom stereocenters. The highest BCUT2D eigenvalue weighted by Crippen LogP contribution is 2.35. The molecule has 2 aromatic rings. The lowest BCUT2D eigenvalue weighted by Gasteiger charge is -2.27. The molecule has 1 heterocycles. The number of halogens is 3. The maximum absolute atomic E-state index is 13.5. The fraction of sp³-hybridized carbons (Fsp3) is 0.200. The zero-order valence-corrected chi connectivity index (χ0v) is 12.4. The molecule has 4 heteroatoms. The van der Waals surface area contributed by atoms with Crippen LogP contribution in [0.1, 0.15) is 23.6 Å². The predicted molar refractivity (Wildman–Crippen MR) is 80.2 cm³/mol. The highest BCUT2D eigenvalue weighted by molar-refractivity contribution is 9.10. The van der Waals surface area contributed by atoms with Gasteiger partial charge in [0.15, 0.2) is 0 Å². The van der Waals surface area contributed by atoms with E-state index in [0.29, 0.717) is 4.47 Å². The molecular formula is C15H12BrClFN. The number of hydrogen-bond acceptors (Lipinski definition) is 1. The van der Waals surface area contributed by atoms with Gasteiger partial charge in [-0.1, -0.05) is 23.7 Å². The van der Waals surface area contributed by atoms with Crippen LogP contribution in [-0.2, 0) is 6.42 Å². The second-order valence-electron chi connectivity index (χ2n) is 4.71. The van der Waals surface area contributed by atoms with Gasteiger partial charge in [-0.15, -0.1) is 0 Å². The normalized spacial score (nSPS) is 17.7. The second kappa shape index (κ2) is 5.14. The number of nitrogens with one attached hydrogen (secondary N) is 1. The number of hydrogen-bond donors (Lipinski definition) is 1. The molecule has 19 heavy (non-hydrogen) atoms. The summed E-state index contributed by atoms with van der Waals surface area (Å²) in [6.45, 7) is 0. The van der Waals surface area contributed by atoms with Gasteiger partial charge >= 0.3 is 0 Å². The van der Waals surface area contributed by atoms with Crippen LogP contribution in [0.25, 0.3) is 0 Å². The monoisotopic (exact) mass is 339 g/mol. The number of aryl methyl sites for hydroxylation is 1. The molecule has 1 nitrogen and oxygen atoms in total. The first-order valence-electron chi connectivity index (χ1n) is 6.13. The maximum atomic E-state index is 13.5. The average molecular weight is 341 g/mol. The molecule has 0 aromatic heterocycles. The number of benzene rings is 2. The molecule has 3 rings (SSSR count). The zero-order chi connectivity index (χ0) is 13.4. The average Bonchev–Trinajstić information content (AvgIpc) is 2.40. The van der Waals surface area contributed by atoms with Crippen molar-refractivity contribution in [2.24, 2.45) is 0 Å². The molecule has 0 radical (unpaired) electrons. The summed E-state index contributed by atoms with van der Waals surface area (Å²) in [4.78, 5) is 0. The lowest BCUT2D eigenvalue weighted by atomic mass is 9.93. The van der Waals surface area contributed by atoms with Crippen molar-refractivity contribution < 1.29 is 4.39 Å². The van der Waals surface area contributed by atoms with Gasteiger partial charge < -0.3 is 5.32 Å². The van der Waals surface area contributed by atoms with E-state index < -0.39 is 0 Å². The van der Waals surface area contributed by atoms with Gasteiger partial charge in [0.05, 0.1) is 10.5 Å². The fourth-order valence-electron chi connectivity index (χ4n) is 2.43. The predicted octanol–water partition coefficient (Wildman–Crippen LogP) is 5.34. The second-order valence-corrected chi connectivity index (χ2v) is 6.00. The Kier molecular flexibility index (Phi) is 3.50. The smallest absolute Gasteiger partial charge is 0.137 e. The van der Waals surface area contributed by atoms with Crippen LogP contribution in [-0.4, -0.2) is 0 Å². The molecule has 0 saturated carbocycles. The molecule has 0 aliphatic carbocycles. The van der Waals surface area contributed by atoms with E-state index in [-0.39, 0.29) is 11.9 Å². The molecule has 2 aromatic carbocycles. The summed E-state index contributed by atoms with van der Waals surface area (Å²) in [5.74, 6) is -0.203. The van der Waals surface area contributed by atoms with Crippen molar-refractivity contribution >= 4 is 33.2 Å². The number of rotatable bonds is 1. The summed E-state index contributed by atoms with van der Waals surface area (Å²) >= 11 is 9.13. The summed E-state index contributed by atoms with van der Waals surface area (Å²) in [6, 6.07) is 11.5. The zero-order valence-electron chi connectivity index (χ0n) is 10.1. The third-order valence-electron chi connectivity index (χ3n) is 3.45. The van der Waals surface area contributed by atoms with E-state index in [1.165, 1.54) is 5.56 Å². The highest BCUT2D eigenvalue weighted by atomic mass is 79.9. The van der Waals surface area contributed by atoms with Crippen molar-refractivity contribution in [3.8, 4) is 0 Å². The Morgan fingerprint density at radius 3 is 2.68 bits per heavy atom. The third kappa shape index (κ3) is 2.63. The number of fused-ring (bicyclic) bond motifs is 1. The van der Waals surface area contributed by atoms with Crippen molar-refractivity contribution in [3.63, 3.8) is 0 Å². The van der Waals surface area contributed by atoms with Crippen molar-refractivity contribution in [3.05, 3.63) is 62.8 Å². The van der Waals surface area contributed by atoms with E-state index in [2.05, 4.69) is 21.2 Å². The van der Waals surface area contributed by atoms with Gasteiger partial charge in [-0.3, -0.25) is 0 Å². The number of anilines is 1. The lowest BCUT2D eigenvalue weighted by Crippen LogP contribution is -2.18. The quantitative estimate of drug-likeness (QED) is 0.739. The molecular weight excluding hydrogens is 329 g/mol. The summed E-state index contributed by atoms with van der Waals surface area (Å²) < 4.78 is 14.0. The van der Waals surface area contributed by atoms with E-state index in [1.54, 1.807) is 6.07 Å². The van der Waals surface area contributed by atoms with Gasteiger partial charge in [0.25, 0.3) is 0 Å². The van der Waals surface area contributed by atoms with Gasteiger partial charge in [0, 0.05) is 10.7 Å². The molecule has 1 N–H and O–H groups in total. The Balaban J connectivity index is 1.89. The summed E-state index contributed by atoms with van der Waals surface area (Å²) in [6.07, 6.45) is 1.83. The van der Waals surface area contributed by atoms with Crippen LogP contribution in [0.2, 0.25) is 5.02 Å². The Labute approximate surface area is 124 Å². The molecule has 1 aliphatic heterocycles. The van der Waals surface area contributed by atoms with Crippen LogP contribution in [0.4, 0.5) is 10.1 Å². The maximum Gasteiger partial charge on any atom is 0.137 e. The summed E-state index contributed by atoms with van der Waals surface area (Å²) in [5, 5.41) is 4.20. The van der Waals surface area contributed by atoms with Crippen LogP contribution < -0.4 is 5.32 Å². The first-order valence-corrected chi connectivity index (χ1v) is 7.30. The summed E-state index contributed by atoms with van der Waals surface area (Å²) in [5.41, 5.74) is 3.24. The largest absolute Gasteiger partial charge is 0.378 e. The topological polar surface area (TPSA) is 12.0 Å². The van der Waals surface area contributed by atoms with Gasteiger partial charge in [-0.2, -0.15) is 0 Å². The van der Waals surface area contributed by atoms with Crippen LogP contribution >= 0.6 is 27.5 Å². The molecule has 1 unspecified atom stereocenters. The van der Waals surface area contributed by atoms with Gasteiger partial charge in [0.2, 0.25) is 0 Å². The van der Waals surface area contributed by atoms with E-state index in [1.807, 2.05) is 30.3 Å². The van der Waals surface area contributed by atoms with Crippen LogP contribution in [0.5, 0.6) is 0 Å². The van der Waals surface area contributed by atoms with Gasteiger partial charge in [-0.25, -0.2) is 4.39 Å². The Morgan fingerprint density at radius 2 is 1.95 bits per heavy atom. The van der Waals surface area contributed by atoms with Crippen molar-refractivity contribution in [2.75, 3.05) is 5.32 Å². The first-order chi connectivity index (χ1) is 9.13. The Hall–Kier alpha value is -1.06. The minimum absolute atomic E-state index is 0.203. The van der Waals surface area contributed by atoms with Crippen LogP contribution in [0.15, 0.2) is 40.9 Å². The van der Waals surface area contributed by atoms with Gasteiger partial charge in [-0.05, 0) is 64.2 Å². The standard InChI is InChI=1S/C15H12BrClFN/c16-12-8-15-10(7-13(12)18)3-6-14(19-15)9-1-4-11(17)5-2-9/h1-2,4-5,7-8,14,19H,3,6H2. The molecule has 0 bridgehead atoms. The van der Waals surface area contributed by atoms with E-state index in [9.17, 15) is 4.39 Å². The third-order valence-corrected chi connectivity index (χ3v) is 4.31. The SMILES string of the molecule is Fc1cc2c(cc1Br)NC(c1ccc(Cl)cc1)CC2. The van der Waals surface area contributed by atoms with E-state index >= 15 is 0 Å². The molecule has 0 amide bonds. The van der Waals surface area contributed by atoms with Crippen molar-refractivity contribution in [1.82, 2.24) is 0 Å². The summed E-state index contributed by atoms with van der Waals surface area (Å²) in [7, 11) is 0.